The van der Waals surface area contributed by atoms with Crippen LogP contribution < -0.4 is 10.4 Å². The summed E-state index contributed by atoms with van der Waals surface area (Å²) in [5.41, 5.74) is 0. The van der Waals surface area contributed by atoms with E-state index in [4.69, 9.17) is 0 Å². The first-order valence-electron chi connectivity index (χ1n) is 6.12. The van der Waals surface area contributed by atoms with E-state index in [0.29, 0.717) is 0 Å². The first-order valence-corrected chi connectivity index (χ1v) is 7.27. The Kier molecular flexibility index (Phi) is 19.9. The molecule has 0 fully saturated rings. The van der Waals surface area contributed by atoms with Crippen molar-refractivity contribution in [3.05, 3.63) is 99.8 Å². The van der Waals surface area contributed by atoms with E-state index < -0.39 is 0 Å². The third-order valence-corrected chi connectivity index (χ3v) is 3.95. The Labute approximate surface area is 163 Å². The van der Waals surface area contributed by atoms with Gasteiger partial charge in [0.2, 0.25) is 0 Å². The normalized spacial score (nSPS) is 9.82. The fourth-order valence-corrected chi connectivity index (χ4v) is 2.85. The van der Waals surface area contributed by atoms with Crippen molar-refractivity contribution in [3.8, 4) is 0 Å². The average Bonchev–Trinajstić information content (AvgIpc) is 3.00. The molecule has 3 heteroatoms. The first-order chi connectivity index (χ1) is 8.95. The van der Waals surface area contributed by atoms with Crippen LogP contribution in [0.4, 0.5) is 0 Å². The molecule has 0 aromatic heterocycles. The van der Waals surface area contributed by atoms with Crippen molar-refractivity contribution in [2.45, 2.75) is 6.42 Å². The molecule has 1 radical (unpaired) electrons. The molecule has 0 heterocycles. The Morgan fingerprint density at radius 3 is 1.50 bits per heavy atom. The van der Waals surface area contributed by atoms with E-state index in [1.54, 1.807) is 0 Å². The van der Waals surface area contributed by atoms with Crippen LogP contribution in [0.25, 0.3) is 0 Å². The topological polar surface area (TPSA) is 0 Å². The molecule has 0 saturated heterocycles. The molecule has 0 unspecified atom stereocenters. The van der Waals surface area contributed by atoms with E-state index in [-0.39, 0.29) is 62.6 Å². The van der Waals surface area contributed by atoms with Crippen molar-refractivity contribution in [2.24, 2.45) is 0 Å². The number of benzene rings is 2. The number of hydrogen-bond donors (Lipinski definition) is 0. The average molecular weight is 493 g/mol. The molecule has 0 bridgehead atoms. The molecule has 22 heavy (non-hydrogen) atoms. The molecule has 3 rings (SSSR count). The summed E-state index contributed by atoms with van der Waals surface area (Å²) in [6.45, 7) is 0. The largest absolute Gasteiger partial charge is 0.358 e. The van der Waals surface area contributed by atoms with Crippen molar-refractivity contribution >= 4 is 32.3 Å². The summed E-state index contributed by atoms with van der Waals surface area (Å²) in [4.78, 5) is 0. The van der Waals surface area contributed by atoms with Gasteiger partial charge in [0, 0.05) is 25.8 Å². The second kappa shape index (κ2) is 16.7. The standard InChI is InChI=1S/C12H11Si.C5H5.2CH3.ClH.Hf/c1-3-7-11(8-4-1)13-12-9-5-2-6-10-12;1-2-4-5-3-1;;;;/h1-10,13H;1-3H,4H2;2*1H3;1H;/q;3*-1;;. The van der Waals surface area contributed by atoms with Crippen molar-refractivity contribution in [3.63, 3.8) is 0 Å². The Hall–Kier alpha value is -0.703. The van der Waals surface area contributed by atoms with Crippen LogP contribution in [-0.2, 0) is 25.8 Å². The minimum Gasteiger partial charge on any atom is -0.358 e. The molecule has 117 valence electrons. The third-order valence-electron chi connectivity index (χ3n) is 2.52. The number of halogens is 1. The zero-order valence-electron chi connectivity index (χ0n) is 13.2. The van der Waals surface area contributed by atoms with Crippen LogP contribution in [0.3, 0.4) is 0 Å². The van der Waals surface area contributed by atoms with E-state index in [9.17, 15) is 0 Å². The maximum Gasteiger partial charge on any atom is 0.103 e. The number of rotatable bonds is 2. The molecular weight excluding hydrogens is 470 g/mol. The van der Waals surface area contributed by atoms with Gasteiger partial charge in [-0.1, -0.05) is 71.0 Å². The Morgan fingerprint density at radius 1 is 0.773 bits per heavy atom. The summed E-state index contributed by atoms with van der Waals surface area (Å²) < 4.78 is 0. The fourth-order valence-electron chi connectivity index (χ4n) is 1.63. The summed E-state index contributed by atoms with van der Waals surface area (Å²) in [6.07, 6.45) is 10.0. The van der Waals surface area contributed by atoms with Crippen LogP contribution in [0, 0.1) is 20.9 Å². The summed E-state index contributed by atoms with van der Waals surface area (Å²) in [6, 6.07) is 21.3. The molecule has 0 amide bonds. The van der Waals surface area contributed by atoms with Gasteiger partial charge in [-0.15, -0.1) is 18.8 Å². The summed E-state index contributed by atoms with van der Waals surface area (Å²) in [5, 5.41) is 2.90. The van der Waals surface area contributed by atoms with Gasteiger partial charge in [-0.3, -0.25) is 6.08 Å². The molecule has 0 spiro atoms. The molecule has 1 aliphatic carbocycles. The zero-order valence-corrected chi connectivity index (χ0v) is 18.8. The minimum absolute atomic E-state index is 0. The second-order valence-corrected chi connectivity index (χ2v) is 5.59. The fraction of sp³-hybridized carbons (Fsp3) is 0.0526. The predicted molar refractivity (Wildman–Crippen MR) is 101 cm³/mol. The molecule has 2 aromatic carbocycles. The minimum atomic E-state index is 0. The van der Waals surface area contributed by atoms with Gasteiger partial charge < -0.3 is 14.9 Å². The molecule has 0 aliphatic heterocycles. The maximum atomic E-state index is 2.99. The van der Waals surface area contributed by atoms with Gasteiger partial charge in [-0.05, 0) is 0 Å². The van der Waals surface area contributed by atoms with Gasteiger partial charge >= 0.3 is 0 Å². The van der Waals surface area contributed by atoms with Gasteiger partial charge in [-0.25, -0.2) is 12.2 Å². The van der Waals surface area contributed by atoms with Crippen molar-refractivity contribution in [2.75, 3.05) is 0 Å². The molecule has 2 aromatic rings. The Bertz CT molecular complexity index is 462. The third kappa shape index (κ3) is 10.9. The predicted octanol–water partition coefficient (Wildman–Crippen LogP) is 3.70. The number of hydrogen-bond acceptors (Lipinski definition) is 0. The maximum absolute atomic E-state index is 2.99. The zero-order chi connectivity index (χ0) is 12.5. The number of allylic oxidation sites excluding steroid dienone is 4. The van der Waals surface area contributed by atoms with Gasteiger partial charge in [0.15, 0.2) is 0 Å². The van der Waals surface area contributed by atoms with Crippen LogP contribution in [0.1, 0.15) is 6.42 Å². The molecule has 0 saturated carbocycles. The SMILES string of the molecule is Cl.[C-]1=CC=CC1.[CH3-].[CH3-].[Hf].c1ccc([SiH]c2ccccc2)cc1. The molecule has 0 N–H and O–H groups in total. The van der Waals surface area contributed by atoms with Gasteiger partial charge in [0.25, 0.3) is 0 Å². The summed E-state index contributed by atoms with van der Waals surface area (Å²) >= 11 is 0. The Morgan fingerprint density at radius 2 is 1.23 bits per heavy atom. The molecule has 0 atom stereocenters. The molecule has 1 aliphatic rings. The van der Waals surface area contributed by atoms with Crippen molar-refractivity contribution < 1.29 is 25.8 Å². The van der Waals surface area contributed by atoms with E-state index in [1.807, 2.05) is 12.2 Å². The molecule has 0 nitrogen and oxygen atoms in total. The quantitative estimate of drug-likeness (QED) is 0.442. The van der Waals surface area contributed by atoms with Crippen molar-refractivity contribution in [1.82, 2.24) is 0 Å². The van der Waals surface area contributed by atoms with E-state index in [1.165, 1.54) is 10.4 Å². The van der Waals surface area contributed by atoms with Crippen molar-refractivity contribution in [1.29, 1.82) is 0 Å². The van der Waals surface area contributed by atoms with Gasteiger partial charge in [-0.2, -0.15) is 6.08 Å². The first kappa shape index (κ1) is 26.2. The van der Waals surface area contributed by atoms with Crippen LogP contribution >= 0.6 is 12.4 Å². The molecular formula is C19H23ClHfSi-3. The smallest absolute Gasteiger partial charge is 0.103 e. The van der Waals surface area contributed by atoms with E-state index >= 15 is 0 Å². The summed E-state index contributed by atoms with van der Waals surface area (Å²) in [5.74, 6) is 0. The van der Waals surface area contributed by atoms with Crippen LogP contribution in [-0.4, -0.2) is 9.52 Å². The van der Waals surface area contributed by atoms with E-state index in [0.717, 1.165) is 6.42 Å². The Balaban J connectivity index is -0.000000351. The van der Waals surface area contributed by atoms with Crippen LogP contribution in [0.15, 0.2) is 78.9 Å². The van der Waals surface area contributed by atoms with Gasteiger partial charge in [0.1, 0.15) is 9.52 Å². The monoisotopic (exact) mass is 494 g/mol. The van der Waals surface area contributed by atoms with Crippen LogP contribution in [0.2, 0.25) is 0 Å². The van der Waals surface area contributed by atoms with Gasteiger partial charge in [0.05, 0.1) is 0 Å². The van der Waals surface area contributed by atoms with Crippen LogP contribution in [0.5, 0.6) is 0 Å². The van der Waals surface area contributed by atoms with E-state index in [2.05, 4.69) is 72.8 Å². The summed E-state index contributed by atoms with van der Waals surface area (Å²) in [7, 11) is 0.271. The second-order valence-electron chi connectivity index (χ2n) is 3.97.